The van der Waals surface area contributed by atoms with Gasteiger partial charge in [0.05, 0.1) is 11.3 Å². The lowest BCUT2D eigenvalue weighted by Gasteiger charge is -2.05. The van der Waals surface area contributed by atoms with Gasteiger partial charge in [-0.05, 0) is 18.4 Å². The van der Waals surface area contributed by atoms with E-state index >= 15 is 0 Å². The molecule has 0 bridgehead atoms. The van der Waals surface area contributed by atoms with Crippen molar-refractivity contribution in [2.45, 2.75) is 32.1 Å². The van der Waals surface area contributed by atoms with Crippen LogP contribution in [0.25, 0.3) is 0 Å². The number of benzene rings is 1. The second-order valence-electron chi connectivity index (χ2n) is 4.66. The first-order valence-corrected chi connectivity index (χ1v) is 6.71. The zero-order valence-corrected chi connectivity index (χ0v) is 11.6. The lowest BCUT2D eigenvalue weighted by atomic mass is 10.1. The van der Waals surface area contributed by atoms with Crippen molar-refractivity contribution in [3.63, 3.8) is 0 Å². The number of non-ortho nitro benzene ring substituents is 1. The van der Waals surface area contributed by atoms with Crippen LogP contribution in [-0.4, -0.2) is 28.5 Å². The maximum Gasteiger partial charge on any atom is 0.303 e. The molecule has 0 aliphatic rings. The molecular formula is C14H18N2O5. The minimum Gasteiger partial charge on any atom is -0.481 e. The van der Waals surface area contributed by atoms with Gasteiger partial charge in [-0.2, -0.15) is 0 Å². The molecule has 0 fully saturated rings. The molecular weight excluding hydrogens is 276 g/mol. The minimum absolute atomic E-state index is 0.0334. The van der Waals surface area contributed by atoms with Crippen molar-refractivity contribution in [1.29, 1.82) is 0 Å². The summed E-state index contributed by atoms with van der Waals surface area (Å²) in [5.41, 5.74) is 0.557. The molecule has 1 aromatic carbocycles. The lowest BCUT2D eigenvalue weighted by molar-refractivity contribution is -0.384. The Labute approximate surface area is 122 Å². The third kappa shape index (κ3) is 7.05. The monoisotopic (exact) mass is 294 g/mol. The van der Waals surface area contributed by atoms with E-state index in [-0.39, 0.29) is 24.4 Å². The van der Waals surface area contributed by atoms with E-state index in [4.69, 9.17) is 5.11 Å². The first-order chi connectivity index (χ1) is 9.99. The van der Waals surface area contributed by atoms with Gasteiger partial charge in [0.2, 0.25) is 5.91 Å². The van der Waals surface area contributed by atoms with Crippen LogP contribution in [0.4, 0.5) is 5.69 Å². The predicted molar refractivity (Wildman–Crippen MR) is 75.9 cm³/mol. The van der Waals surface area contributed by atoms with Crippen molar-refractivity contribution >= 4 is 17.6 Å². The zero-order chi connectivity index (χ0) is 15.7. The largest absolute Gasteiger partial charge is 0.481 e. The number of carbonyl (C=O) groups is 2. The third-order valence-corrected chi connectivity index (χ3v) is 2.88. The lowest BCUT2D eigenvalue weighted by Crippen LogP contribution is -2.26. The quantitative estimate of drug-likeness (QED) is 0.410. The number of nitro groups is 1. The average molecular weight is 294 g/mol. The number of amides is 1. The van der Waals surface area contributed by atoms with Crippen LogP contribution in [0.3, 0.4) is 0 Å². The van der Waals surface area contributed by atoms with E-state index in [9.17, 15) is 19.7 Å². The Kier molecular flexibility index (Phi) is 6.86. The molecule has 0 spiro atoms. The van der Waals surface area contributed by atoms with Crippen LogP contribution >= 0.6 is 0 Å². The molecule has 0 aromatic heterocycles. The average Bonchev–Trinajstić information content (AvgIpc) is 2.42. The van der Waals surface area contributed by atoms with Crippen molar-refractivity contribution in [3.05, 3.63) is 39.9 Å². The Morgan fingerprint density at radius 2 is 2.00 bits per heavy atom. The number of carboxylic acids is 1. The number of carboxylic acid groups (broad SMARTS) is 1. The number of carbonyl (C=O) groups excluding carboxylic acids is 1. The predicted octanol–water partition coefficient (Wildman–Crippen LogP) is 1.90. The molecule has 0 aliphatic heterocycles. The van der Waals surface area contributed by atoms with Gasteiger partial charge in [-0.1, -0.05) is 18.6 Å². The van der Waals surface area contributed by atoms with Gasteiger partial charge in [-0.25, -0.2) is 0 Å². The Hall–Kier alpha value is -2.44. The van der Waals surface area contributed by atoms with Gasteiger partial charge in [0, 0.05) is 25.1 Å². The minimum atomic E-state index is -0.815. The van der Waals surface area contributed by atoms with Crippen molar-refractivity contribution in [3.8, 4) is 0 Å². The molecule has 0 saturated carbocycles. The summed E-state index contributed by atoms with van der Waals surface area (Å²) in [6, 6.07) is 5.97. The smallest absolute Gasteiger partial charge is 0.303 e. The van der Waals surface area contributed by atoms with Gasteiger partial charge in [0.25, 0.3) is 5.69 Å². The maximum absolute atomic E-state index is 11.7. The summed E-state index contributed by atoms with van der Waals surface area (Å²) in [5, 5.41) is 21.8. The molecule has 0 atom stereocenters. The van der Waals surface area contributed by atoms with E-state index in [1.165, 1.54) is 12.1 Å². The van der Waals surface area contributed by atoms with Crippen LogP contribution in [0.1, 0.15) is 31.2 Å². The molecule has 2 N–H and O–H groups in total. The maximum atomic E-state index is 11.7. The third-order valence-electron chi connectivity index (χ3n) is 2.88. The van der Waals surface area contributed by atoms with Gasteiger partial charge >= 0.3 is 5.97 Å². The molecule has 114 valence electrons. The first kappa shape index (κ1) is 16.6. The highest BCUT2D eigenvalue weighted by Gasteiger charge is 2.08. The first-order valence-electron chi connectivity index (χ1n) is 6.71. The molecule has 0 radical (unpaired) electrons. The number of nitrogens with zero attached hydrogens (tertiary/aromatic N) is 1. The summed E-state index contributed by atoms with van der Waals surface area (Å²) >= 11 is 0. The summed E-state index contributed by atoms with van der Waals surface area (Å²) in [7, 11) is 0. The van der Waals surface area contributed by atoms with E-state index in [1.54, 1.807) is 12.1 Å². The van der Waals surface area contributed by atoms with Gasteiger partial charge in [-0.3, -0.25) is 19.7 Å². The van der Waals surface area contributed by atoms with E-state index < -0.39 is 10.9 Å². The highest BCUT2D eigenvalue weighted by Crippen LogP contribution is 2.13. The molecule has 0 aliphatic carbocycles. The van der Waals surface area contributed by atoms with E-state index in [0.717, 1.165) is 6.42 Å². The fraction of sp³-hybridized carbons (Fsp3) is 0.429. The van der Waals surface area contributed by atoms with E-state index in [2.05, 4.69) is 5.32 Å². The normalized spacial score (nSPS) is 10.1. The van der Waals surface area contributed by atoms with Gasteiger partial charge in [-0.15, -0.1) is 0 Å². The zero-order valence-electron chi connectivity index (χ0n) is 11.6. The Morgan fingerprint density at radius 3 is 2.67 bits per heavy atom. The number of hydrogen-bond acceptors (Lipinski definition) is 4. The molecule has 21 heavy (non-hydrogen) atoms. The van der Waals surface area contributed by atoms with Crippen molar-refractivity contribution in [1.82, 2.24) is 5.32 Å². The van der Waals surface area contributed by atoms with Crippen LogP contribution in [0, 0.1) is 10.1 Å². The number of hydrogen-bond donors (Lipinski definition) is 2. The SMILES string of the molecule is O=C(O)CCCCCNC(=O)Cc1cccc([N+](=O)[O-])c1. The summed E-state index contributed by atoms with van der Waals surface area (Å²) in [5.74, 6) is -1.02. The van der Waals surface area contributed by atoms with Crippen LogP contribution < -0.4 is 5.32 Å². The highest BCUT2D eigenvalue weighted by atomic mass is 16.6. The number of rotatable bonds is 9. The molecule has 0 heterocycles. The molecule has 1 amide bonds. The molecule has 7 heteroatoms. The molecule has 1 aromatic rings. The van der Waals surface area contributed by atoms with E-state index in [1.807, 2.05) is 0 Å². The summed E-state index contributed by atoms with van der Waals surface area (Å²) in [6.45, 7) is 0.480. The fourth-order valence-electron chi connectivity index (χ4n) is 1.83. The van der Waals surface area contributed by atoms with Gasteiger partial charge in [0.15, 0.2) is 0 Å². The molecule has 0 unspecified atom stereocenters. The van der Waals surface area contributed by atoms with Gasteiger partial charge in [0.1, 0.15) is 0 Å². The molecule has 0 saturated heterocycles. The summed E-state index contributed by atoms with van der Waals surface area (Å²) in [6.07, 6.45) is 2.28. The van der Waals surface area contributed by atoms with Crippen LogP contribution in [-0.2, 0) is 16.0 Å². The number of nitrogens with one attached hydrogen (secondary N) is 1. The number of aliphatic carboxylic acids is 1. The van der Waals surface area contributed by atoms with E-state index in [0.29, 0.717) is 24.9 Å². The van der Waals surface area contributed by atoms with Crippen molar-refractivity contribution in [2.75, 3.05) is 6.54 Å². The number of unbranched alkanes of at least 4 members (excludes halogenated alkanes) is 2. The van der Waals surface area contributed by atoms with Crippen molar-refractivity contribution < 1.29 is 19.6 Å². The summed E-state index contributed by atoms with van der Waals surface area (Å²) in [4.78, 5) is 32.1. The molecule has 1 rings (SSSR count). The Bertz CT molecular complexity index is 516. The van der Waals surface area contributed by atoms with Gasteiger partial charge < -0.3 is 10.4 Å². The second-order valence-corrected chi connectivity index (χ2v) is 4.66. The summed E-state index contributed by atoms with van der Waals surface area (Å²) < 4.78 is 0. The van der Waals surface area contributed by atoms with Crippen molar-refractivity contribution in [2.24, 2.45) is 0 Å². The topological polar surface area (TPSA) is 110 Å². The Morgan fingerprint density at radius 1 is 1.24 bits per heavy atom. The second kappa shape index (κ2) is 8.68. The number of nitro benzene ring substituents is 1. The van der Waals surface area contributed by atoms with Crippen LogP contribution in [0.15, 0.2) is 24.3 Å². The Balaban J connectivity index is 2.26. The standard InChI is InChI=1S/C14H18N2O5/c17-13(15-8-3-1-2-7-14(18)19)10-11-5-4-6-12(9-11)16(20)21/h4-6,9H,1-3,7-8,10H2,(H,15,17)(H,18,19). The fourth-order valence-corrected chi connectivity index (χ4v) is 1.83. The van der Waals surface area contributed by atoms with Crippen LogP contribution in [0.5, 0.6) is 0 Å². The highest BCUT2D eigenvalue weighted by molar-refractivity contribution is 5.78. The molecule has 7 nitrogen and oxygen atoms in total. The van der Waals surface area contributed by atoms with Crippen LogP contribution in [0.2, 0.25) is 0 Å².